The SMILES string of the molecule is C=C/C=C\C(=C)OPNCC(=O)OC(C)C. The van der Waals surface area contributed by atoms with Gasteiger partial charge in [0.15, 0.2) is 0 Å². The van der Waals surface area contributed by atoms with Crippen molar-refractivity contribution < 1.29 is 14.1 Å². The third-order valence-corrected chi connectivity index (χ3v) is 1.96. The molecule has 0 aliphatic heterocycles. The quantitative estimate of drug-likeness (QED) is 0.234. The second kappa shape index (κ2) is 9.13. The van der Waals surface area contributed by atoms with Gasteiger partial charge < -0.3 is 9.26 Å². The van der Waals surface area contributed by atoms with Gasteiger partial charge in [-0.05, 0) is 19.9 Å². The van der Waals surface area contributed by atoms with Crippen LogP contribution in [-0.2, 0) is 14.1 Å². The number of allylic oxidation sites excluding steroid dienone is 3. The van der Waals surface area contributed by atoms with Crippen molar-refractivity contribution in [1.29, 1.82) is 0 Å². The highest BCUT2D eigenvalue weighted by Crippen LogP contribution is 2.12. The molecule has 0 bridgehead atoms. The molecule has 1 atom stereocenters. The fourth-order valence-corrected chi connectivity index (χ4v) is 1.21. The first-order chi connectivity index (χ1) is 7.56. The maximum absolute atomic E-state index is 11.1. The summed E-state index contributed by atoms with van der Waals surface area (Å²) >= 11 is 0. The number of hydrogen-bond donors (Lipinski definition) is 1. The molecule has 1 unspecified atom stereocenters. The van der Waals surface area contributed by atoms with Gasteiger partial charge >= 0.3 is 5.97 Å². The average Bonchev–Trinajstić information content (AvgIpc) is 2.20. The number of esters is 1. The molecule has 0 rings (SSSR count). The van der Waals surface area contributed by atoms with Crippen molar-refractivity contribution in [2.45, 2.75) is 20.0 Å². The first-order valence-corrected chi connectivity index (χ1v) is 5.79. The van der Waals surface area contributed by atoms with Gasteiger partial charge in [-0.2, -0.15) is 0 Å². The molecule has 0 heterocycles. The topological polar surface area (TPSA) is 47.6 Å². The highest BCUT2D eigenvalue weighted by molar-refractivity contribution is 7.29. The molecule has 4 nitrogen and oxygen atoms in total. The van der Waals surface area contributed by atoms with E-state index >= 15 is 0 Å². The Hall–Kier alpha value is -1.12. The zero-order valence-corrected chi connectivity index (χ0v) is 10.7. The number of nitrogens with one attached hydrogen (secondary N) is 1. The smallest absolute Gasteiger partial charge is 0.320 e. The molecule has 0 radical (unpaired) electrons. The van der Waals surface area contributed by atoms with Crippen LogP contribution in [0.4, 0.5) is 0 Å². The summed E-state index contributed by atoms with van der Waals surface area (Å²) in [6.45, 7) is 10.9. The van der Waals surface area contributed by atoms with E-state index in [0.717, 1.165) is 0 Å². The van der Waals surface area contributed by atoms with E-state index in [1.54, 1.807) is 32.1 Å². The van der Waals surface area contributed by atoms with Gasteiger partial charge in [-0.25, -0.2) is 0 Å². The fourth-order valence-electron chi connectivity index (χ4n) is 0.724. The molecule has 90 valence electrons. The fraction of sp³-hybridized carbons (Fsp3) is 0.364. The Morgan fingerprint density at radius 1 is 1.56 bits per heavy atom. The van der Waals surface area contributed by atoms with E-state index < -0.39 is 0 Å². The Balaban J connectivity index is 3.53. The molecule has 0 aromatic carbocycles. The molecule has 0 aliphatic rings. The molecule has 0 spiro atoms. The lowest BCUT2D eigenvalue weighted by molar-refractivity contribution is -0.145. The molecule has 1 N–H and O–H groups in total. The van der Waals surface area contributed by atoms with Crippen LogP contribution in [0, 0.1) is 0 Å². The maximum atomic E-state index is 11.1. The molecule has 0 saturated heterocycles. The van der Waals surface area contributed by atoms with Crippen LogP contribution in [0.3, 0.4) is 0 Å². The largest absolute Gasteiger partial charge is 0.462 e. The lowest BCUT2D eigenvalue weighted by Crippen LogP contribution is -2.21. The van der Waals surface area contributed by atoms with Crippen molar-refractivity contribution in [3.05, 3.63) is 37.1 Å². The standard InChI is InChI=1S/C11H18NO3P/c1-5-6-7-10(4)15-16-12-8-11(13)14-9(2)3/h5-7,9,12,16H,1,4,8H2,2-3H3/b7-6-. The third-order valence-electron chi connectivity index (χ3n) is 1.27. The second-order valence-electron chi connectivity index (χ2n) is 3.16. The summed E-state index contributed by atoms with van der Waals surface area (Å²) < 4.78 is 10.1. The molecule has 0 aliphatic carbocycles. The van der Waals surface area contributed by atoms with E-state index in [2.05, 4.69) is 18.2 Å². The van der Waals surface area contributed by atoms with Gasteiger partial charge in [-0.15, -0.1) is 0 Å². The monoisotopic (exact) mass is 243 g/mol. The van der Waals surface area contributed by atoms with Crippen molar-refractivity contribution in [3.8, 4) is 0 Å². The molecule has 0 saturated carbocycles. The van der Waals surface area contributed by atoms with Gasteiger partial charge in [0.05, 0.1) is 12.6 Å². The van der Waals surface area contributed by atoms with Crippen LogP contribution in [-0.4, -0.2) is 18.6 Å². The van der Waals surface area contributed by atoms with Crippen molar-refractivity contribution in [1.82, 2.24) is 5.09 Å². The normalized spacial score (nSPS) is 11.2. The molecular weight excluding hydrogens is 225 g/mol. The number of ether oxygens (including phenoxy) is 1. The van der Waals surface area contributed by atoms with E-state index in [0.29, 0.717) is 5.76 Å². The lowest BCUT2D eigenvalue weighted by Gasteiger charge is -2.09. The van der Waals surface area contributed by atoms with E-state index in [1.807, 2.05) is 0 Å². The van der Waals surface area contributed by atoms with Crippen LogP contribution in [0.2, 0.25) is 0 Å². The summed E-state index contributed by atoms with van der Waals surface area (Å²) in [5.41, 5.74) is 0. The van der Waals surface area contributed by atoms with Crippen LogP contribution in [0.25, 0.3) is 0 Å². The Morgan fingerprint density at radius 3 is 2.81 bits per heavy atom. The number of hydrogen-bond acceptors (Lipinski definition) is 4. The summed E-state index contributed by atoms with van der Waals surface area (Å²) in [6, 6.07) is 0. The Bertz CT molecular complexity index is 274. The minimum absolute atomic E-state index is 0.0227. The minimum atomic E-state index is -0.293. The summed E-state index contributed by atoms with van der Waals surface area (Å²) in [5, 5.41) is 2.81. The van der Waals surface area contributed by atoms with Crippen molar-refractivity contribution >= 4 is 14.9 Å². The molecule has 0 fully saturated rings. The summed E-state index contributed by atoms with van der Waals surface area (Å²) in [6.07, 6.45) is 4.95. The van der Waals surface area contributed by atoms with E-state index in [1.165, 1.54) is 0 Å². The van der Waals surface area contributed by atoms with E-state index in [4.69, 9.17) is 9.26 Å². The van der Waals surface area contributed by atoms with Crippen LogP contribution in [0.5, 0.6) is 0 Å². The second-order valence-corrected chi connectivity index (χ2v) is 3.92. The molecule has 16 heavy (non-hydrogen) atoms. The number of carbonyl (C=O) groups is 1. The van der Waals surface area contributed by atoms with Crippen molar-refractivity contribution in [3.63, 3.8) is 0 Å². The van der Waals surface area contributed by atoms with Gasteiger partial charge in [0.25, 0.3) is 0 Å². The van der Waals surface area contributed by atoms with Gasteiger partial charge in [0.2, 0.25) is 0 Å². The predicted molar refractivity (Wildman–Crippen MR) is 67.1 cm³/mol. The molecular formula is C11H18NO3P. The zero-order chi connectivity index (χ0) is 12.4. The van der Waals surface area contributed by atoms with Crippen LogP contribution < -0.4 is 5.09 Å². The average molecular weight is 243 g/mol. The van der Waals surface area contributed by atoms with Crippen molar-refractivity contribution in [2.24, 2.45) is 0 Å². The highest BCUT2D eigenvalue weighted by atomic mass is 31.1. The van der Waals surface area contributed by atoms with Crippen molar-refractivity contribution in [2.75, 3.05) is 6.54 Å². The Morgan fingerprint density at radius 2 is 2.25 bits per heavy atom. The summed E-state index contributed by atoms with van der Waals surface area (Å²) in [7, 11) is -0.0227. The molecule has 0 aromatic rings. The lowest BCUT2D eigenvalue weighted by atomic mass is 10.4. The summed E-state index contributed by atoms with van der Waals surface area (Å²) in [4.78, 5) is 11.1. The first-order valence-electron chi connectivity index (χ1n) is 4.88. The maximum Gasteiger partial charge on any atom is 0.320 e. The van der Waals surface area contributed by atoms with Crippen LogP contribution in [0.15, 0.2) is 37.1 Å². The summed E-state index contributed by atoms with van der Waals surface area (Å²) in [5.74, 6) is 0.223. The molecule has 5 heteroatoms. The highest BCUT2D eigenvalue weighted by Gasteiger charge is 2.04. The predicted octanol–water partition coefficient (Wildman–Crippen LogP) is 2.31. The van der Waals surface area contributed by atoms with Gasteiger partial charge in [-0.1, -0.05) is 25.3 Å². The minimum Gasteiger partial charge on any atom is -0.462 e. The van der Waals surface area contributed by atoms with Gasteiger partial charge in [0, 0.05) is 0 Å². The number of rotatable bonds is 8. The first kappa shape index (κ1) is 14.9. The van der Waals surface area contributed by atoms with Crippen LogP contribution in [0.1, 0.15) is 13.8 Å². The third kappa shape index (κ3) is 9.44. The van der Waals surface area contributed by atoms with E-state index in [9.17, 15) is 4.79 Å². The Kier molecular flexibility index (Phi) is 8.49. The zero-order valence-electron chi connectivity index (χ0n) is 9.66. The number of carbonyl (C=O) groups excluding carboxylic acids is 1. The molecule has 0 aromatic heterocycles. The molecule has 0 amide bonds. The van der Waals surface area contributed by atoms with E-state index in [-0.39, 0.29) is 27.6 Å². The van der Waals surface area contributed by atoms with Gasteiger partial charge in [-0.3, -0.25) is 9.88 Å². The van der Waals surface area contributed by atoms with Gasteiger partial charge in [0.1, 0.15) is 14.7 Å². The van der Waals surface area contributed by atoms with Crippen LogP contribution >= 0.6 is 8.96 Å². The Labute approximate surface area is 98.3 Å².